The molecule has 0 aliphatic carbocycles. The predicted octanol–water partition coefficient (Wildman–Crippen LogP) is 10.2. The van der Waals surface area contributed by atoms with Crippen LogP contribution in [0.1, 0.15) is 0 Å². The Morgan fingerprint density at radius 3 is 1.95 bits per heavy atom. The highest BCUT2D eigenvalue weighted by Gasteiger charge is 2.26. The number of ether oxygens (including phenoxy) is 1. The predicted molar refractivity (Wildman–Crippen MR) is 163 cm³/mol. The van der Waals surface area contributed by atoms with Gasteiger partial charge >= 0.3 is 0 Å². The summed E-state index contributed by atoms with van der Waals surface area (Å²) in [4.78, 5) is 10.1. The third kappa shape index (κ3) is 4.22. The number of halogens is 1. The first-order valence-electron chi connectivity index (χ1n) is 12.7. The number of benzene rings is 5. The van der Waals surface area contributed by atoms with Gasteiger partial charge in [0.1, 0.15) is 5.75 Å². The van der Waals surface area contributed by atoms with Gasteiger partial charge in [-0.25, -0.2) is 4.98 Å². The summed E-state index contributed by atoms with van der Waals surface area (Å²) in [7, 11) is 1.69. The average Bonchev–Trinajstić information content (AvgIpc) is 2.99. The van der Waals surface area contributed by atoms with Gasteiger partial charge in [0.25, 0.3) is 0 Å². The van der Waals surface area contributed by atoms with Gasteiger partial charge in [0, 0.05) is 25.8 Å². The fourth-order valence-corrected chi connectivity index (χ4v) is 6.34. The quantitative estimate of drug-likeness (QED) is 0.221. The van der Waals surface area contributed by atoms with Crippen molar-refractivity contribution in [3.05, 3.63) is 126 Å². The Kier molecular flexibility index (Phi) is 5.99. The largest absolute Gasteiger partial charge is 0.497 e. The van der Waals surface area contributed by atoms with Crippen LogP contribution in [0.15, 0.2) is 131 Å². The van der Waals surface area contributed by atoms with Crippen LogP contribution in [-0.4, -0.2) is 12.1 Å². The Morgan fingerprint density at radius 2 is 1.28 bits per heavy atom. The first-order valence-corrected chi connectivity index (χ1v) is 13.9. The summed E-state index contributed by atoms with van der Waals surface area (Å²) < 4.78 is 5.43. The number of methoxy groups -OCH3 is 1. The number of hydrogen-bond acceptors (Lipinski definition) is 4. The van der Waals surface area contributed by atoms with Gasteiger partial charge in [0.05, 0.1) is 35.4 Å². The van der Waals surface area contributed by atoms with Crippen molar-refractivity contribution in [2.45, 2.75) is 9.79 Å². The molecule has 0 bridgehead atoms. The minimum absolute atomic E-state index is 0.703. The van der Waals surface area contributed by atoms with Crippen molar-refractivity contribution in [1.29, 1.82) is 0 Å². The third-order valence-corrected chi connectivity index (χ3v) is 8.41. The number of fused-ring (bicyclic) bond motifs is 3. The van der Waals surface area contributed by atoms with Crippen molar-refractivity contribution in [1.82, 2.24) is 4.98 Å². The number of nitrogens with zero attached hydrogens (tertiary/aromatic N) is 2. The molecular formula is C34H23ClN2OS. The molecule has 0 spiro atoms. The van der Waals surface area contributed by atoms with E-state index in [0.717, 1.165) is 56.1 Å². The van der Waals surface area contributed by atoms with Crippen LogP contribution in [0, 0.1) is 0 Å². The second-order valence-corrected chi connectivity index (χ2v) is 10.9. The molecule has 6 aromatic rings. The molecule has 0 atom stereocenters. The zero-order valence-corrected chi connectivity index (χ0v) is 22.7. The highest BCUT2D eigenvalue weighted by Crippen LogP contribution is 2.52. The number of para-hydroxylation sites is 3. The maximum Gasteiger partial charge on any atom is 0.118 e. The standard InChI is InChI=1S/C34H23ClN2OS/c1-38-25-19-15-22(16-20-25)27-21-28(23-13-17-24(35)18-14-23)36-34-26(27)7-6-10-31(34)37-29-8-2-4-11-32(29)39-33-12-5-3-9-30(33)37/h2-21H,1H3. The Labute approximate surface area is 236 Å². The highest BCUT2D eigenvalue weighted by atomic mass is 35.5. The molecule has 2 heterocycles. The van der Waals surface area contributed by atoms with E-state index in [1.807, 2.05) is 36.4 Å². The van der Waals surface area contributed by atoms with E-state index < -0.39 is 0 Å². The van der Waals surface area contributed by atoms with Crippen molar-refractivity contribution in [2.24, 2.45) is 0 Å². The highest BCUT2D eigenvalue weighted by molar-refractivity contribution is 7.99. The molecule has 5 aromatic carbocycles. The molecule has 0 saturated heterocycles. The molecule has 3 nitrogen and oxygen atoms in total. The van der Waals surface area contributed by atoms with Crippen LogP contribution in [0.5, 0.6) is 5.75 Å². The number of rotatable bonds is 4. The molecular weight excluding hydrogens is 520 g/mol. The fourth-order valence-electron chi connectivity index (χ4n) is 5.16. The molecule has 1 aliphatic heterocycles. The molecule has 39 heavy (non-hydrogen) atoms. The zero-order chi connectivity index (χ0) is 26.3. The Balaban J connectivity index is 1.53. The SMILES string of the molecule is COc1ccc(-c2cc(-c3ccc(Cl)cc3)nc3c(N4c5ccccc5Sc5ccccc54)cccc23)cc1. The average molecular weight is 543 g/mol. The Bertz CT molecular complexity index is 1790. The third-order valence-electron chi connectivity index (χ3n) is 7.03. The summed E-state index contributed by atoms with van der Waals surface area (Å²) in [5, 5.41) is 1.79. The van der Waals surface area contributed by atoms with E-state index in [1.54, 1.807) is 18.9 Å². The molecule has 5 heteroatoms. The van der Waals surface area contributed by atoms with Crippen LogP contribution in [-0.2, 0) is 0 Å². The monoisotopic (exact) mass is 542 g/mol. The van der Waals surface area contributed by atoms with E-state index in [0.29, 0.717) is 5.02 Å². The molecule has 0 radical (unpaired) electrons. The minimum Gasteiger partial charge on any atom is -0.497 e. The molecule has 0 N–H and O–H groups in total. The van der Waals surface area contributed by atoms with Crippen molar-refractivity contribution >= 4 is 51.3 Å². The summed E-state index contributed by atoms with van der Waals surface area (Å²) in [6.07, 6.45) is 0. The van der Waals surface area contributed by atoms with E-state index in [4.69, 9.17) is 21.3 Å². The Hall–Kier alpha value is -4.25. The lowest BCUT2D eigenvalue weighted by atomic mass is 9.97. The maximum absolute atomic E-state index is 6.23. The zero-order valence-electron chi connectivity index (χ0n) is 21.1. The van der Waals surface area contributed by atoms with E-state index in [-0.39, 0.29) is 0 Å². The molecule has 0 amide bonds. The smallest absolute Gasteiger partial charge is 0.118 e. The van der Waals surface area contributed by atoms with E-state index in [9.17, 15) is 0 Å². The molecule has 1 aliphatic rings. The second-order valence-electron chi connectivity index (χ2n) is 9.34. The first-order chi connectivity index (χ1) is 19.2. The van der Waals surface area contributed by atoms with Gasteiger partial charge in [0.15, 0.2) is 0 Å². The van der Waals surface area contributed by atoms with Gasteiger partial charge in [0.2, 0.25) is 0 Å². The topological polar surface area (TPSA) is 25.4 Å². The summed E-state index contributed by atoms with van der Waals surface area (Å²) >= 11 is 8.04. The lowest BCUT2D eigenvalue weighted by molar-refractivity contribution is 0.415. The number of pyridine rings is 1. The number of anilines is 3. The molecule has 1 aromatic heterocycles. The van der Waals surface area contributed by atoms with Crippen LogP contribution in [0.25, 0.3) is 33.3 Å². The van der Waals surface area contributed by atoms with Gasteiger partial charge in [-0.15, -0.1) is 0 Å². The van der Waals surface area contributed by atoms with Gasteiger partial charge in [-0.3, -0.25) is 0 Å². The van der Waals surface area contributed by atoms with Crippen LogP contribution in [0.4, 0.5) is 17.1 Å². The molecule has 0 saturated carbocycles. The van der Waals surface area contributed by atoms with E-state index >= 15 is 0 Å². The van der Waals surface area contributed by atoms with Gasteiger partial charge in [-0.05, 0) is 71.8 Å². The van der Waals surface area contributed by atoms with Crippen LogP contribution in [0.2, 0.25) is 5.02 Å². The molecule has 7 rings (SSSR count). The summed E-state index contributed by atoms with van der Waals surface area (Å²) in [5.41, 5.74) is 8.40. The normalized spacial score (nSPS) is 12.2. The van der Waals surface area contributed by atoms with E-state index in [2.05, 4.69) is 89.8 Å². The van der Waals surface area contributed by atoms with Crippen LogP contribution >= 0.6 is 23.4 Å². The fraction of sp³-hybridized carbons (Fsp3) is 0.0294. The van der Waals surface area contributed by atoms with Crippen LogP contribution in [0.3, 0.4) is 0 Å². The first kappa shape index (κ1) is 23.8. The second kappa shape index (κ2) is 9.81. The van der Waals surface area contributed by atoms with Crippen molar-refractivity contribution in [3.63, 3.8) is 0 Å². The van der Waals surface area contributed by atoms with Crippen molar-refractivity contribution in [2.75, 3.05) is 12.0 Å². The van der Waals surface area contributed by atoms with Crippen molar-refractivity contribution < 1.29 is 4.74 Å². The molecule has 188 valence electrons. The lowest BCUT2D eigenvalue weighted by Gasteiger charge is -2.33. The van der Waals surface area contributed by atoms with E-state index in [1.165, 1.54) is 9.79 Å². The lowest BCUT2D eigenvalue weighted by Crippen LogP contribution is -2.15. The van der Waals surface area contributed by atoms with Crippen LogP contribution < -0.4 is 9.64 Å². The summed E-state index contributed by atoms with van der Waals surface area (Å²) in [6, 6.07) is 41.8. The maximum atomic E-state index is 6.23. The number of hydrogen-bond donors (Lipinski definition) is 0. The molecule has 0 fully saturated rings. The Morgan fingerprint density at radius 1 is 0.667 bits per heavy atom. The van der Waals surface area contributed by atoms with Gasteiger partial charge in [-0.2, -0.15) is 0 Å². The molecule has 0 unspecified atom stereocenters. The minimum atomic E-state index is 0.703. The summed E-state index contributed by atoms with van der Waals surface area (Å²) in [6.45, 7) is 0. The van der Waals surface area contributed by atoms with Gasteiger partial charge in [-0.1, -0.05) is 84.0 Å². The summed E-state index contributed by atoms with van der Waals surface area (Å²) in [5.74, 6) is 0.828. The number of aromatic nitrogens is 1. The van der Waals surface area contributed by atoms with Gasteiger partial charge < -0.3 is 9.64 Å². The van der Waals surface area contributed by atoms with Crippen molar-refractivity contribution in [3.8, 4) is 28.1 Å².